The average Bonchev–Trinajstić information content (AvgIpc) is 2.85. The minimum absolute atomic E-state index is 0.192. The van der Waals surface area contributed by atoms with Crippen molar-refractivity contribution < 1.29 is 9.59 Å². The summed E-state index contributed by atoms with van der Waals surface area (Å²) in [6, 6.07) is 0. The second-order valence-electron chi connectivity index (χ2n) is 8.67. The largest absolute Gasteiger partial charge is 0.299 e. The quantitative estimate of drug-likeness (QED) is 0.739. The highest BCUT2D eigenvalue weighted by Gasteiger charge is 2.62. The van der Waals surface area contributed by atoms with Crippen LogP contribution >= 0.6 is 12.6 Å². The van der Waals surface area contributed by atoms with Crippen molar-refractivity contribution in [3.05, 3.63) is 0 Å². The molecule has 4 saturated carbocycles. The molecule has 0 saturated heterocycles. The second-order valence-corrected chi connectivity index (χ2v) is 8.98. The fourth-order valence-corrected chi connectivity index (χ4v) is 7.54. The van der Waals surface area contributed by atoms with E-state index in [-0.39, 0.29) is 10.8 Å². The molecule has 0 N–H and O–H groups in total. The van der Waals surface area contributed by atoms with Crippen LogP contribution in [0.15, 0.2) is 0 Å². The molecule has 4 aliphatic rings. The van der Waals surface area contributed by atoms with Crippen molar-refractivity contribution in [2.24, 2.45) is 34.5 Å². The van der Waals surface area contributed by atoms with Crippen LogP contribution in [-0.2, 0) is 9.59 Å². The molecule has 0 aliphatic heterocycles. The van der Waals surface area contributed by atoms with Gasteiger partial charge in [-0.3, -0.25) is 9.59 Å². The van der Waals surface area contributed by atoms with Gasteiger partial charge < -0.3 is 0 Å². The summed E-state index contributed by atoms with van der Waals surface area (Å²) in [5.41, 5.74) is 0.0229. The molecule has 2 nitrogen and oxygen atoms in total. The number of thiol groups is 1. The highest BCUT2D eigenvalue weighted by molar-refractivity contribution is 7.80. The fourth-order valence-electron chi connectivity index (χ4n) is 6.97. The maximum Gasteiger partial charge on any atom is 0.140 e. The number of ketones is 2. The lowest BCUT2D eigenvalue weighted by atomic mass is 9.45. The number of carbonyl (C=O) groups is 2. The van der Waals surface area contributed by atoms with Crippen LogP contribution in [0.5, 0.6) is 0 Å². The molecule has 4 fully saturated rings. The number of carbonyl (C=O) groups excluding carboxylic acids is 2. The van der Waals surface area contributed by atoms with Gasteiger partial charge in [0.25, 0.3) is 0 Å². The number of rotatable bonds is 1. The molecule has 122 valence electrons. The summed E-state index contributed by atoms with van der Waals surface area (Å²) >= 11 is 4.57. The van der Waals surface area contributed by atoms with E-state index in [1.807, 2.05) is 0 Å². The summed E-state index contributed by atoms with van der Waals surface area (Å²) < 4.78 is 0. The van der Waals surface area contributed by atoms with Gasteiger partial charge in [-0.25, -0.2) is 0 Å². The van der Waals surface area contributed by atoms with Crippen LogP contribution in [-0.4, -0.2) is 17.3 Å². The molecule has 0 aromatic heterocycles. The maximum atomic E-state index is 12.8. The molecule has 6 atom stereocenters. The zero-order valence-electron chi connectivity index (χ0n) is 13.6. The van der Waals surface area contributed by atoms with Crippen molar-refractivity contribution in [3.8, 4) is 0 Å². The zero-order valence-corrected chi connectivity index (χ0v) is 14.5. The molecule has 3 heteroatoms. The van der Waals surface area contributed by atoms with Crippen LogP contribution in [0.25, 0.3) is 0 Å². The SMILES string of the molecule is C[C@]12CCCCC1C(=O)C[C@H]1[C@@H]3CCC(=O)[C@@]3(CS)CC[C@@H]12. The Balaban J connectivity index is 1.71. The van der Waals surface area contributed by atoms with Gasteiger partial charge in [0, 0.05) is 29.9 Å². The standard InChI is InChI=1S/C19H28O2S/c1-18-8-3-2-4-15(18)16(20)10-12-13(18)7-9-19(11-22)14(12)5-6-17(19)21/h12-15,22H,2-11H2,1H3/t12-,13+,14+,15?,18-,19-/m1/s1. The van der Waals surface area contributed by atoms with Crippen LogP contribution in [0, 0.1) is 34.5 Å². The van der Waals surface area contributed by atoms with Crippen molar-refractivity contribution >= 4 is 24.2 Å². The first kappa shape index (κ1) is 15.2. The van der Waals surface area contributed by atoms with Crippen LogP contribution < -0.4 is 0 Å². The molecule has 0 aromatic carbocycles. The van der Waals surface area contributed by atoms with E-state index in [0.29, 0.717) is 41.0 Å². The molecule has 0 bridgehead atoms. The molecule has 0 aromatic rings. The van der Waals surface area contributed by atoms with E-state index in [2.05, 4.69) is 19.6 Å². The first-order chi connectivity index (χ1) is 10.5. The number of Topliss-reactive ketones (excluding diaryl/α,β-unsaturated/α-hetero) is 2. The Morgan fingerprint density at radius 1 is 1.09 bits per heavy atom. The zero-order chi connectivity index (χ0) is 15.5. The third kappa shape index (κ3) is 1.81. The Morgan fingerprint density at radius 2 is 1.91 bits per heavy atom. The van der Waals surface area contributed by atoms with Crippen LogP contribution in [0.3, 0.4) is 0 Å². The molecule has 1 unspecified atom stereocenters. The lowest BCUT2D eigenvalue weighted by molar-refractivity contribution is -0.155. The van der Waals surface area contributed by atoms with Crippen molar-refractivity contribution in [3.63, 3.8) is 0 Å². The number of hydrogen-bond acceptors (Lipinski definition) is 3. The predicted octanol–water partition coefficient (Wildman–Crippen LogP) is 4.08. The molecule has 0 heterocycles. The highest BCUT2D eigenvalue weighted by Crippen LogP contribution is 2.64. The van der Waals surface area contributed by atoms with E-state index in [4.69, 9.17) is 0 Å². The molecular weight excluding hydrogens is 292 g/mol. The van der Waals surface area contributed by atoms with Gasteiger partial charge in [-0.15, -0.1) is 0 Å². The van der Waals surface area contributed by atoms with Gasteiger partial charge in [0.05, 0.1) is 0 Å². The minimum atomic E-state index is -0.192. The van der Waals surface area contributed by atoms with E-state index in [1.165, 1.54) is 19.3 Å². The monoisotopic (exact) mass is 320 g/mol. The van der Waals surface area contributed by atoms with Gasteiger partial charge in [0.1, 0.15) is 11.6 Å². The summed E-state index contributed by atoms with van der Waals surface area (Å²) in [6.07, 6.45) is 9.50. The molecule has 0 spiro atoms. The van der Waals surface area contributed by atoms with E-state index < -0.39 is 0 Å². The van der Waals surface area contributed by atoms with Crippen molar-refractivity contribution in [1.29, 1.82) is 0 Å². The van der Waals surface area contributed by atoms with Crippen LogP contribution in [0.4, 0.5) is 0 Å². The van der Waals surface area contributed by atoms with E-state index in [0.717, 1.165) is 38.5 Å². The molecule has 22 heavy (non-hydrogen) atoms. The minimum Gasteiger partial charge on any atom is -0.299 e. The van der Waals surface area contributed by atoms with Gasteiger partial charge in [0.2, 0.25) is 0 Å². The molecular formula is C19H28O2S. The average molecular weight is 320 g/mol. The van der Waals surface area contributed by atoms with Gasteiger partial charge in [-0.05, 0) is 55.3 Å². The summed E-state index contributed by atoms with van der Waals surface area (Å²) in [6.45, 7) is 2.40. The maximum absolute atomic E-state index is 12.8. The Hall–Kier alpha value is -0.310. The predicted molar refractivity (Wildman–Crippen MR) is 89.9 cm³/mol. The molecule has 0 amide bonds. The Bertz CT molecular complexity index is 516. The van der Waals surface area contributed by atoms with Crippen molar-refractivity contribution in [2.75, 3.05) is 5.75 Å². The van der Waals surface area contributed by atoms with Crippen molar-refractivity contribution in [1.82, 2.24) is 0 Å². The Morgan fingerprint density at radius 3 is 2.68 bits per heavy atom. The first-order valence-electron chi connectivity index (χ1n) is 9.20. The third-order valence-corrected chi connectivity index (χ3v) is 8.66. The Labute approximate surface area is 139 Å². The second kappa shape index (κ2) is 5.09. The summed E-state index contributed by atoms with van der Waals surface area (Å²) in [7, 11) is 0. The molecule has 4 rings (SSSR count). The molecule has 4 aliphatic carbocycles. The van der Waals surface area contributed by atoms with Crippen LogP contribution in [0.1, 0.15) is 64.7 Å². The molecule has 0 radical (unpaired) electrons. The van der Waals surface area contributed by atoms with E-state index in [1.54, 1.807) is 0 Å². The lowest BCUT2D eigenvalue weighted by Crippen LogP contribution is -2.56. The van der Waals surface area contributed by atoms with Gasteiger partial charge in [-0.1, -0.05) is 19.8 Å². The third-order valence-electron chi connectivity index (χ3n) is 8.09. The van der Waals surface area contributed by atoms with E-state index >= 15 is 0 Å². The topological polar surface area (TPSA) is 34.1 Å². The summed E-state index contributed by atoms with van der Waals surface area (Å²) in [5, 5.41) is 0. The first-order valence-corrected chi connectivity index (χ1v) is 9.83. The summed E-state index contributed by atoms with van der Waals surface area (Å²) in [4.78, 5) is 25.4. The van der Waals surface area contributed by atoms with Crippen molar-refractivity contribution in [2.45, 2.75) is 64.7 Å². The number of hydrogen-bond donors (Lipinski definition) is 1. The fraction of sp³-hybridized carbons (Fsp3) is 0.895. The van der Waals surface area contributed by atoms with Gasteiger partial charge in [0.15, 0.2) is 0 Å². The smallest absolute Gasteiger partial charge is 0.140 e. The van der Waals surface area contributed by atoms with Gasteiger partial charge >= 0.3 is 0 Å². The highest BCUT2D eigenvalue weighted by atomic mass is 32.1. The number of fused-ring (bicyclic) bond motifs is 5. The van der Waals surface area contributed by atoms with Crippen LogP contribution in [0.2, 0.25) is 0 Å². The van der Waals surface area contributed by atoms with E-state index in [9.17, 15) is 9.59 Å². The lowest BCUT2D eigenvalue weighted by Gasteiger charge is -2.59. The Kier molecular flexibility index (Phi) is 3.53. The normalized spacial score (nSPS) is 51.2. The van der Waals surface area contributed by atoms with Gasteiger partial charge in [-0.2, -0.15) is 12.6 Å². The summed E-state index contributed by atoms with van der Waals surface area (Å²) in [5.74, 6) is 3.50.